The van der Waals surface area contributed by atoms with Gasteiger partial charge in [-0.3, -0.25) is 19.1 Å². The molecule has 3 fully saturated rings. The Balaban J connectivity index is 0.00000156. The number of carbonyl (C=O) groups excluding carboxylic acids is 3. The first-order valence-corrected chi connectivity index (χ1v) is 15.4. The molecule has 6 N–H and O–H groups in total. The van der Waals surface area contributed by atoms with Crippen molar-refractivity contribution in [3.05, 3.63) is 52.7 Å². The Morgan fingerprint density at radius 3 is 2.40 bits per heavy atom. The Labute approximate surface area is 284 Å². The van der Waals surface area contributed by atoms with Crippen LogP contribution in [0.1, 0.15) is 26.7 Å². The summed E-state index contributed by atoms with van der Waals surface area (Å²) >= 11 is 6.36. The van der Waals surface area contributed by atoms with Gasteiger partial charge in [-0.25, -0.2) is 18.6 Å². The van der Waals surface area contributed by atoms with Crippen molar-refractivity contribution in [1.82, 2.24) is 40.2 Å². The number of aliphatic hydroxyl groups excluding tert-OH is 1. The number of aliphatic hydroxyl groups is 1. The number of urea groups is 1. The van der Waals surface area contributed by atoms with Crippen LogP contribution in [0, 0.1) is 11.8 Å². The van der Waals surface area contributed by atoms with Crippen molar-refractivity contribution >= 4 is 41.6 Å². The number of fused-ring (bicyclic) bond motifs is 1. The van der Waals surface area contributed by atoms with E-state index in [1.54, 1.807) is 4.90 Å². The van der Waals surface area contributed by atoms with Crippen LogP contribution >= 0.6 is 11.6 Å². The number of nitrogens with zero attached hydrogens (tertiary/aromatic N) is 5. The summed E-state index contributed by atoms with van der Waals surface area (Å²) in [6, 6.07) is 3.41. The Morgan fingerprint density at radius 2 is 1.82 bits per heavy atom. The Bertz CT molecular complexity index is 1760. The SMILES string of the molecule is Cn1c(-c2cn(CC(F)F)nc2C(F)(F)F)cnc1C(=O)Nc1ccc(C(=O)N[C@H]2[C@@H]3CN(C(=O)N[C@@H]4CNC[C@H]4O)C[C@@H]32)c(Cl)c1.O=CO. The van der Waals surface area contributed by atoms with Crippen LogP contribution < -0.4 is 21.3 Å². The van der Waals surface area contributed by atoms with Gasteiger partial charge in [0.15, 0.2) is 11.5 Å². The highest BCUT2D eigenvalue weighted by molar-refractivity contribution is 6.34. The van der Waals surface area contributed by atoms with E-state index >= 15 is 0 Å². The number of halogens is 6. The molecule has 2 saturated heterocycles. The molecule has 50 heavy (non-hydrogen) atoms. The third-order valence-corrected chi connectivity index (χ3v) is 8.88. The molecule has 21 heteroatoms. The number of aromatic nitrogens is 4. The van der Waals surface area contributed by atoms with Crippen LogP contribution in [-0.2, 0) is 24.6 Å². The zero-order valence-electron chi connectivity index (χ0n) is 26.0. The maximum Gasteiger partial charge on any atom is 0.435 e. The van der Waals surface area contributed by atoms with E-state index in [2.05, 4.69) is 31.3 Å². The van der Waals surface area contributed by atoms with E-state index in [0.29, 0.717) is 30.9 Å². The number of alkyl halides is 5. The number of carbonyl (C=O) groups is 4. The van der Waals surface area contributed by atoms with E-state index in [1.807, 2.05) is 0 Å². The molecular weight excluding hydrogens is 701 g/mol. The van der Waals surface area contributed by atoms with Gasteiger partial charge < -0.3 is 40.9 Å². The minimum absolute atomic E-state index is 0.0256. The van der Waals surface area contributed by atoms with Gasteiger partial charge in [-0.1, -0.05) is 11.6 Å². The predicted molar refractivity (Wildman–Crippen MR) is 165 cm³/mol. The number of β-amino-alcohol motifs (C(OH)–C–C–N with tert-alkyl or cyclic N) is 1. The van der Waals surface area contributed by atoms with Crippen molar-refractivity contribution in [2.45, 2.75) is 37.3 Å². The zero-order valence-corrected chi connectivity index (χ0v) is 26.8. The molecule has 4 amide bonds. The Kier molecular flexibility index (Phi) is 10.6. The summed E-state index contributed by atoms with van der Waals surface area (Å²) in [6.07, 6.45) is -6.70. The fourth-order valence-electron chi connectivity index (χ4n) is 6.09. The second kappa shape index (κ2) is 14.6. The fraction of sp³-hybridized carbons (Fsp3) is 0.448. The summed E-state index contributed by atoms with van der Waals surface area (Å²) in [7, 11) is 1.29. The van der Waals surface area contributed by atoms with Gasteiger partial charge in [-0.2, -0.15) is 18.3 Å². The lowest BCUT2D eigenvalue weighted by Gasteiger charge is -2.24. The lowest BCUT2D eigenvalue weighted by Crippen LogP contribution is -2.49. The molecule has 270 valence electrons. The first kappa shape index (κ1) is 36.5. The molecule has 2 aromatic heterocycles. The molecule has 1 saturated carbocycles. The van der Waals surface area contributed by atoms with Crippen molar-refractivity contribution in [3.8, 4) is 11.3 Å². The molecule has 0 unspecified atom stereocenters. The van der Waals surface area contributed by atoms with Crippen molar-refractivity contribution in [2.24, 2.45) is 18.9 Å². The molecule has 0 radical (unpaired) electrons. The van der Waals surface area contributed by atoms with Crippen LogP contribution in [0.3, 0.4) is 0 Å². The lowest BCUT2D eigenvalue weighted by atomic mass is 10.2. The number of hydrogen-bond acceptors (Lipinski definition) is 8. The number of piperidine rings is 1. The van der Waals surface area contributed by atoms with Crippen LogP contribution in [0.15, 0.2) is 30.6 Å². The predicted octanol–water partition coefficient (Wildman–Crippen LogP) is 1.88. The first-order valence-electron chi connectivity index (χ1n) is 15.0. The van der Waals surface area contributed by atoms with Gasteiger partial charge >= 0.3 is 12.2 Å². The average molecular weight is 732 g/mol. The molecule has 15 nitrogen and oxygen atoms in total. The van der Waals surface area contributed by atoms with Crippen LogP contribution in [0.25, 0.3) is 11.3 Å². The summed E-state index contributed by atoms with van der Waals surface area (Å²) in [5, 5.41) is 31.4. The maximum absolute atomic E-state index is 13.6. The quantitative estimate of drug-likeness (QED) is 0.148. The summed E-state index contributed by atoms with van der Waals surface area (Å²) in [4.78, 5) is 52.4. The second-order valence-corrected chi connectivity index (χ2v) is 12.2. The maximum atomic E-state index is 13.6. The molecule has 0 bridgehead atoms. The lowest BCUT2D eigenvalue weighted by molar-refractivity contribution is -0.141. The van der Waals surface area contributed by atoms with E-state index in [9.17, 15) is 41.4 Å². The molecule has 3 aliphatic rings. The Morgan fingerprint density at radius 1 is 1.14 bits per heavy atom. The largest absolute Gasteiger partial charge is 0.483 e. The summed E-state index contributed by atoms with van der Waals surface area (Å²) in [5.74, 6) is -1.36. The minimum Gasteiger partial charge on any atom is -0.483 e. The van der Waals surface area contributed by atoms with Gasteiger partial charge in [-0.05, 0) is 18.2 Å². The van der Waals surface area contributed by atoms with Gasteiger partial charge in [0, 0.05) is 63.0 Å². The Hall–Kier alpha value is -4.82. The van der Waals surface area contributed by atoms with Crippen LogP contribution in [-0.4, -0.2) is 110 Å². The first-order chi connectivity index (χ1) is 23.6. The number of likely N-dealkylation sites (tertiary alicyclic amines) is 1. The zero-order chi connectivity index (χ0) is 36.5. The van der Waals surface area contributed by atoms with E-state index < -0.39 is 48.3 Å². The number of imidazole rings is 1. The third-order valence-electron chi connectivity index (χ3n) is 8.56. The van der Waals surface area contributed by atoms with Gasteiger partial charge in [0.1, 0.15) is 6.54 Å². The summed E-state index contributed by atoms with van der Waals surface area (Å²) in [5.41, 5.74) is -1.78. The molecule has 2 aliphatic heterocycles. The standard InChI is InChI=1S/C28H29ClF5N9O4.CH2O2/c1-41-19(16-10-43(11-21(30)31)40-23(16)28(32,33)34)6-36-24(41)26(46)37-12-2-3-13(17(29)4-12)25(45)39-22-14-8-42(9-15(14)22)27(47)38-18-5-35-7-20(18)44;2-1-3/h2-4,6,10,14-15,18,20-22,35,44H,5,7-9,11H2,1H3,(H,37,46)(H,38,47)(H,39,45);1H,(H,2,3)/t14-,15+,18-,20-,22+;/m1./s1. The molecule has 3 aromatic rings. The number of nitrogens with one attached hydrogen (secondary N) is 4. The monoisotopic (exact) mass is 731 g/mol. The normalized spacial score (nSPS) is 22.4. The highest BCUT2D eigenvalue weighted by Crippen LogP contribution is 2.45. The smallest absolute Gasteiger partial charge is 0.435 e. The number of rotatable bonds is 8. The second-order valence-electron chi connectivity index (χ2n) is 11.8. The molecular formula is C29H31ClF5N9O6. The van der Waals surface area contributed by atoms with E-state index in [0.717, 1.165) is 17.0 Å². The fourth-order valence-corrected chi connectivity index (χ4v) is 6.35. The summed E-state index contributed by atoms with van der Waals surface area (Å²) < 4.78 is 68.0. The van der Waals surface area contributed by atoms with Crippen LogP contribution in [0.2, 0.25) is 5.02 Å². The molecule has 5 atom stereocenters. The van der Waals surface area contributed by atoms with Gasteiger partial charge in [-0.15, -0.1) is 0 Å². The van der Waals surface area contributed by atoms with Gasteiger partial charge in [0.05, 0.1) is 40.2 Å². The topological polar surface area (TPSA) is 196 Å². The van der Waals surface area contributed by atoms with E-state index in [1.165, 1.54) is 25.2 Å². The number of amides is 4. The minimum atomic E-state index is -4.95. The van der Waals surface area contributed by atoms with Crippen molar-refractivity contribution in [2.75, 3.05) is 31.5 Å². The summed E-state index contributed by atoms with van der Waals surface area (Å²) in [6.45, 7) is 0.532. The molecule has 1 aliphatic carbocycles. The van der Waals surface area contributed by atoms with Crippen molar-refractivity contribution in [3.63, 3.8) is 0 Å². The number of anilines is 1. The van der Waals surface area contributed by atoms with Gasteiger partial charge in [0.2, 0.25) is 0 Å². The molecule has 1 aromatic carbocycles. The van der Waals surface area contributed by atoms with Crippen LogP contribution in [0.5, 0.6) is 0 Å². The van der Waals surface area contributed by atoms with Crippen molar-refractivity contribution < 1.29 is 51.3 Å². The van der Waals surface area contributed by atoms with E-state index in [4.69, 9.17) is 21.5 Å². The average Bonchev–Trinajstić information content (AvgIpc) is 3.59. The van der Waals surface area contributed by atoms with Crippen LogP contribution in [0.4, 0.5) is 32.4 Å². The number of carboxylic acid groups (broad SMARTS) is 1. The van der Waals surface area contributed by atoms with Gasteiger partial charge in [0.25, 0.3) is 24.7 Å². The number of benzene rings is 1. The van der Waals surface area contributed by atoms with E-state index in [-0.39, 0.29) is 64.2 Å². The number of hydrogen-bond donors (Lipinski definition) is 6. The molecule has 0 spiro atoms. The molecule has 4 heterocycles. The molecule has 6 rings (SSSR count). The third kappa shape index (κ3) is 7.81. The highest BCUT2D eigenvalue weighted by atomic mass is 35.5. The van der Waals surface area contributed by atoms with Crippen molar-refractivity contribution in [1.29, 1.82) is 0 Å². The highest BCUT2D eigenvalue weighted by Gasteiger charge is 2.57.